The summed E-state index contributed by atoms with van der Waals surface area (Å²) in [4.78, 5) is 0. The van der Waals surface area contributed by atoms with Crippen LogP contribution in [-0.4, -0.2) is 16.9 Å². The highest BCUT2D eigenvalue weighted by Crippen LogP contribution is 2.47. The van der Waals surface area contributed by atoms with Crippen molar-refractivity contribution in [3.8, 4) is 5.75 Å². The summed E-state index contributed by atoms with van der Waals surface area (Å²) in [5, 5.41) is 8.06. The summed E-state index contributed by atoms with van der Waals surface area (Å²) in [6.07, 6.45) is 7.33. The number of ether oxygens (including phenoxy) is 1. The first-order chi connectivity index (χ1) is 13.2. The Morgan fingerprint density at radius 3 is 2.59 bits per heavy atom. The van der Waals surface area contributed by atoms with E-state index in [2.05, 4.69) is 51.3 Å². The van der Waals surface area contributed by atoms with Crippen LogP contribution in [0.2, 0.25) is 5.02 Å². The van der Waals surface area contributed by atoms with Crippen molar-refractivity contribution >= 4 is 33.2 Å². The Bertz CT molecular complexity index is 876. The molecule has 5 heteroatoms. The van der Waals surface area contributed by atoms with Crippen LogP contribution in [0.25, 0.3) is 0 Å². The molecule has 1 aliphatic carbocycles. The van der Waals surface area contributed by atoms with Gasteiger partial charge in [0.25, 0.3) is 0 Å². The first kappa shape index (κ1) is 17.6. The van der Waals surface area contributed by atoms with Crippen molar-refractivity contribution in [2.75, 3.05) is 0 Å². The number of nitrogens with zero attached hydrogens (tertiary/aromatic N) is 2. The van der Waals surface area contributed by atoms with Crippen LogP contribution in [-0.2, 0) is 0 Å². The fourth-order valence-corrected chi connectivity index (χ4v) is 5.14. The largest absolute Gasteiger partial charge is 0.468 e. The zero-order valence-corrected chi connectivity index (χ0v) is 17.4. The quantitative estimate of drug-likeness (QED) is 0.523. The van der Waals surface area contributed by atoms with Crippen molar-refractivity contribution in [3.63, 3.8) is 0 Å². The van der Waals surface area contributed by atoms with E-state index in [4.69, 9.17) is 21.4 Å². The molecule has 3 nitrogen and oxygen atoms in total. The van der Waals surface area contributed by atoms with Gasteiger partial charge in [-0.15, -0.1) is 0 Å². The highest BCUT2D eigenvalue weighted by atomic mass is 79.9. The van der Waals surface area contributed by atoms with Gasteiger partial charge in [0.2, 0.25) is 0 Å². The second-order valence-electron chi connectivity index (χ2n) is 7.74. The van der Waals surface area contributed by atoms with Crippen molar-refractivity contribution in [2.45, 2.75) is 50.8 Å². The Morgan fingerprint density at radius 1 is 1.04 bits per heavy atom. The second-order valence-corrected chi connectivity index (χ2v) is 9.09. The van der Waals surface area contributed by atoms with Crippen molar-refractivity contribution in [2.24, 2.45) is 11.0 Å². The first-order valence-corrected chi connectivity index (χ1v) is 10.9. The lowest BCUT2D eigenvalue weighted by molar-refractivity contribution is -0.0644. The van der Waals surface area contributed by atoms with E-state index in [9.17, 15) is 0 Å². The highest BCUT2D eigenvalue weighted by molar-refractivity contribution is 9.10. The van der Waals surface area contributed by atoms with E-state index in [0.29, 0.717) is 5.92 Å². The number of rotatable bonds is 2. The summed E-state index contributed by atoms with van der Waals surface area (Å²) in [6, 6.07) is 14.6. The molecule has 0 amide bonds. The van der Waals surface area contributed by atoms with Crippen molar-refractivity contribution in [1.29, 1.82) is 0 Å². The molecular formula is C22H22BrClN2O. The Kier molecular flexibility index (Phi) is 4.65. The lowest BCUT2D eigenvalue weighted by Crippen LogP contribution is -2.45. The van der Waals surface area contributed by atoms with E-state index in [1.807, 2.05) is 12.1 Å². The Hall–Kier alpha value is -1.52. The molecular weight excluding hydrogens is 424 g/mol. The van der Waals surface area contributed by atoms with Gasteiger partial charge in [0.1, 0.15) is 5.75 Å². The number of hydrogen-bond acceptors (Lipinski definition) is 3. The van der Waals surface area contributed by atoms with Crippen LogP contribution in [0, 0.1) is 5.92 Å². The molecule has 0 N–H and O–H groups in total. The van der Waals surface area contributed by atoms with Crippen molar-refractivity contribution in [3.05, 3.63) is 63.1 Å². The number of halogens is 2. The van der Waals surface area contributed by atoms with Crippen LogP contribution in [0.4, 0.5) is 0 Å². The molecule has 0 bridgehead atoms. The minimum Gasteiger partial charge on any atom is -0.468 e. The topological polar surface area (TPSA) is 24.8 Å². The van der Waals surface area contributed by atoms with Crippen LogP contribution in [0.5, 0.6) is 5.75 Å². The minimum absolute atomic E-state index is 0.0359. The molecule has 2 aliphatic heterocycles. The lowest BCUT2D eigenvalue weighted by atomic mass is 9.86. The molecule has 3 aliphatic rings. The van der Waals surface area contributed by atoms with Gasteiger partial charge in [-0.25, -0.2) is 5.01 Å². The number of fused-ring (bicyclic) bond motifs is 3. The van der Waals surface area contributed by atoms with Gasteiger partial charge in [-0.05, 0) is 48.7 Å². The fraction of sp³-hybridized carbons (Fsp3) is 0.409. The van der Waals surface area contributed by atoms with Crippen molar-refractivity contribution in [1.82, 2.24) is 5.01 Å². The number of hydrogen-bond donors (Lipinski definition) is 0. The van der Waals surface area contributed by atoms with Gasteiger partial charge in [-0.1, -0.05) is 58.9 Å². The summed E-state index contributed by atoms with van der Waals surface area (Å²) in [7, 11) is 0. The standard InChI is InChI=1S/C22H22BrClN2O/c23-16-8-11-21-18(12-16)20-13-19(14-6-9-17(24)10-7-14)25-26(20)22(27-21)15-4-2-1-3-5-15/h6-12,15,20,22H,1-5,13H2/t20-,22+/m0/s1. The maximum atomic E-state index is 6.52. The van der Waals surface area contributed by atoms with Gasteiger partial charge in [0, 0.05) is 27.4 Å². The second kappa shape index (κ2) is 7.14. The van der Waals surface area contributed by atoms with E-state index in [-0.39, 0.29) is 12.3 Å². The van der Waals surface area contributed by atoms with Crippen LogP contribution in [0.1, 0.15) is 55.7 Å². The van der Waals surface area contributed by atoms with E-state index in [0.717, 1.165) is 32.9 Å². The van der Waals surface area contributed by atoms with Gasteiger partial charge in [0.05, 0.1) is 11.8 Å². The van der Waals surface area contributed by atoms with Gasteiger partial charge in [-0.3, -0.25) is 0 Å². The van der Waals surface area contributed by atoms with E-state index >= 15 is 0 Å². The SMILES string of the molecule is Clc1ccc(C2=NN3[C@@H](C4CCCCC4)Oc4ccc(Br)cc4[C@@H]3C2)cc1. The fourth-order valence-electron chi connectivity index (χ4n) is 4.63. The normalized spacial score (nSPS) is 24.8. The zero-order valence-electron chi connectivity index (χ0n) is 15.1. The summed E-state index contributed by atoms with van der Waals surface area (Å²) in [5.41, 5.74) is 3.49. The maximum absolute atomic E-state index is 6.52. The third-order valence-electron chi connectivity index (χ3n) is 6.01. The third kappa shape index (κ3) is 3.27. The van der Waals surface area contributed by atoms with Gasteiger partial charge >= 0.3 is 0 Å². The minimum atomic E-state index is 0.0359. The number of hydrazone groups is 1. The molecule has 5 rings (SSSR count). The Balaban J connectivity index is 1.53. The molecule has 0 radical (unpaired) electrons. The Morgan fingerprint density at radius 2 is 1.81 bits per heavy atom. The summed E-state index contributed by atoms with van der Waals surface area (Å²) in [5.74, 6) is 1.56. The smallest absolute Gasteiger partial charge is 0.190 e. The zero-order chi connectivity index (χ0) is 18.4. The third-order valence-corrected chi connectivity index (χ3v) is 6.76. The first-order valence-electron chi connectivity index (χ1n) is 9.77. The van der Waals surface area contributed by atoms with Gasteiger partial charge in [-0.2, -0.15) is 5.10 Å². The average molecular weight is 446 g/mol. The lowest BCUT2D eigenvalue weighted by Gasteiger charge is -2.42. The molecule has 0 saturated heterocycles. The highest BCUT2D eigenvalue weighted by Gasteiger charge is 2.43. The van der Waals surface area contributed by atoms with E-state index in [1.54, 1.807) is 0 Å². The summed E-state index contributed by atoms with van der Waals surface area (Å²) < 4.78 is 7.60. The molecule has 0 spiro atoms. The van der Waals surface area contributed by atoms with Crippen LogP contribution >= 0.6 is 27.5 Å². The molecule has 1 saturated carbocycles. The van der Waals surface area contributed by atoms with Crippen molar-refractivity contribution < 1.29 is 4.74 Å². The maximum Gasteiger partial charge on any atom is 0.190 e. The molecule has 2 aromatic rings. The Labute approximate surface area is 173 Å². The van der Waals surface area contributed by atoms with Crippen LogP contribution in [0.3, 0.4) is 0 Å². The monoisotopic (exact) mass is 444 g/mol. The molecule has 0 aromatic heterocycles. The molecule has 2 aromatic carbocycles. The summed E-state index contributed by atoms with van der Waals surface area (Å²) in [6.45, 7) is 0. The number of benzene rings is 2. The van der Waals surface area contributed by atoms with Gasteiger partial charge < -0.3 is 4.74 Å². The predicted octanol–water partition coefficient (Wildman–Crippen LogP) is 6.55. The molecule has 0 unspecified atom stereocenters. The average Bonchev–Trinajstić information content (AvgIpc) is 3.14. The van der Waals surface area contributed by atoms with Crippen LogP contribution in [0.15, 0.2) is 52.0 Å². The van der Waals surface area contributed by atoms with E-state index in [1.165, 1.54) is 37.7 Å². The van der Waals surface area contributed by atoms with Crippen LogP contribution < -0.4 is 4.74 Å². The van der Waals surface area contributed by atoms with E-state index < -0.39 is 0 Å². The summed E-state index contributed by atoms with van der Waals surface area (Å²) >= 11 is 9.69. The molecule has 1 fully saturated rings. The molecule has 2 heterocycles. The molecule has 140 valence electrons. The predicted molar refractivity (Wildman–Crippen MR) is 112 cm³/mol. The molecule has 27 heavy (non-hydrogen) atoms. The molecule has 2 atom stereocenters. The van der Waals surface area contributed by atoms with Gasteiger partial charge in [0.15, 0.2) is 6.23 Å².